The smallest absolute Gasteiger partial charge is 0.137 e. The van der Waals surface area contributed by atoms with Gasteiger partial charge in [-0.3, -0.25) is 4.79 Å². The van der Waals surface area contributed by atoms with Gasteiger partial charge in [-0.15, -0.1) is 0 Å². The second-order valence-corrected chi connectivity index (χ2v) is 5.65. The zero-order chi connectivity index (χ0) is 14.1. The molecule has 0 unspecified atom stereocenters. The first kappa shape index (κ1) is 15.9. The lowest BCUT2D eigenvalue weighted by Crippen LogP contribution is -2.03. The summed E-state index contributed by atoms with van der Waals surface area (Å²) in [6.45, 7) is 6.45. The maximum absolute atomic E-state index is 11.9. The average Bonchev–Trinajstić information content (AvgIpc) is 2.38. The maximum Gasteiger partial charge on any atom is 0.137 e. The van der Waals surface area contributed by atoms with Crippen molar-refractivity contribution in [3.8, 4) is 0 Å². The number of rotatable bonds is 9. The summed E-state index contributed by atoms with van der Waals surface area (Å²) in [7, 11) is 0. The van der Waals surface area contributed by atoms with Crippen molar-refractivity contribution >= 4 is 5.78 Å². The van der Waals surface area contributed by atoms with Crippen LogP contribution in [0.3, 0.4) is 0 Å². The number of benzene rings is 1. The first-order valence-electron chi connectivity index (χ1n) is 7.71. The molecule has 1 rings (SSSR count). The van der Waals surface area contributed by atoms with E-state index >= 15 is 0 Å². The monoisotopic (exact) mass is 260 g/mol. The van der Waals surface area contributed by atoms with Crippen molar-refractivity contribution in [1.29, 1.82) is 0 Å². The van der Waals surface area contributed by atoms with Gasteiger partial charge in [0.05, 0.1) is 0 Å². The number of aryl methyl sites for hydroxylation is 2. The summed E-state index contributed by atoms with van der Waals surface area (Å²) in [6, 6.07) is 6.35. The average molecular weight is 260 g/mol. The van der Waals surface area contributed by atoms with E-state index in [2.05, 4.69) is 39.0 Å². The number of hydrogen-bond donors (Lipinski definition) is 0. The van der Waals surface area contributed by atoms with Crippen molar-refractivity contribution in [1.82, 2.24) is 0 Å². The van der Waals surface area contributed by atoms with Gasteiger partial charge in [0, 0.05) is 12.8 Å². The van der Waals surface area contributed by atoms with Gasteiger partial charge in [-0.1, -0.05) is 57.2 Å². The molecule has 1 aromatic rings. The fraction of sp³-hybridized carbons (Fsp3) is 0.611. The largest absolute Gasteiger partial charge is 0.299 e. The van der Waals surface area contributed by atoms with Crippen LogP contribution in [0.25, 0.3) is 0 Å². The van der Waals surface area contributed by atoms with Gasteiger partial charge in [-0.2, -0.15) is 0 Å². The van der Waals surface area contributed by atoms with Crippen LogP contribution in [0.15, 0.2) is 18.2 Å². The number of carbonyl (C=O) groups excluding carboxylic acids is 1. The summed E-state index contributed by atoms with van der Waals surface area (Å²) in [5.41, 5.74) is 3.75. The lowest BCUT2D eigenvalue weighted by atomic mass is 10.00. The SMILES string of the molecule is CCCCCCCCC(=O)Cc1ccc(C)c(C)c1. The van der Waals surface area contributed by atoms with Gasteiger partial charge in [-0.05, 0) is 37.0 Å². The van der Waals surface area contributed by atoms with E-state index in [-0.39, 0.29) is 0 Å². The molecule has 0 saturated carbocycles. The topological polar surface area (TPSA) is 17.1 Å². The molecule has 1 aromatic carbocycles. The van der Waals surface area contributed by atoms with Gasteiger partial charge in [0.2, 0.25) is 0 Å². The predicted octanol–water partition coefficient (Wildman–Crippen LogP) is 5.17. The molecule has 0 atom stereocenters. The highest BCUT2D eigenvalue weighted by Crippen LogP contribution is 2.13. The van der Waals surface area contributed by atoms with Crippen LogP contribution in [-0.2, 0) is 11.2 Å². The summed E-state index contributed by atoms with van der Waals surface area (Å²) in [5, 5.41) is 0. The number of unbranched alkanes of at least 4 members (excludes halogenated alkanes) is 5. The molecule has 1 nitrogen and oxygen atoms in total. The third-order valence-electron chi connectivity index (χ3n) is 3.78. The van der Waals surface area contributed by atoms with E-state index in [0.29, 0.717) is 12.2 Å². The minimum Gasteiger partial charge on any atom is -0.299 e. The number of Topliss-reactive ketones (excluding diaryl/α,β-unsaturated/α-hetero) is 1. The minimum absolute atomic E-state index is 0.388. The lowest BCUT2D eigenvalue weighted by molar-refractivity contribution is -0.118. The van der Waals surface area contributed by atoms with Gasteiger partial charge in [0.25, 0.3) is 0 Å². The van der Waals surface area contributed by atoms with Crippen molar-refractivity contribution in [2.75, 3.05) is 0 Å². The van der Waals surface area contributed by atoms with Crippen molar-refractivity contribution in [3.05, 3.63) is 34.9 Å². The van der Waals surface area contributed by atoms with Gasteiger partial charge >= 0.3 is 0 Å². The highest BCUT2D eigenvalue weighted by molar-refractivity contribution is 5.80. The normalized spacial score (nSPS) is 10.7. The molecule has 0 heterocycles. The molecule has 0 saturated heterocycles. The van der Waals surface area contributed by atoms with Crippen molar-refractivity contribution < 1.29 is 4.79 Å². The van der Waals surface area contributed by atoms with Crippen LogP contribution in [0.2, 0.25) is 0 Å². The Labute approximate surface area is 118 Å². The molecule has 0 spiro atoms. The van der Waals surface area contributed by atoms with E-state index in [1.165, 1.54) is 48.8 Å². The van der Waals surface area contributed by atoms with Crippen LogP contribution in [0.1, 0.15) is 68.6 Å². The molecule has 0 bridgehead atoms. The quantitative estimate of drug-likeness (QED) is 0.560. The summed E-state index contributed by atoms with van der Waals surface area (Å²) in [4.78, 5) is 11.9. The van der Waals surface area contributed by atoms with Gasteiger partial charge in [0.15, 0.2) is 0 Å². The number of hydrogen-bond acceptors (Lipinski definition) is 1. The van der Waals surface area contributed by atoms with Crippen LogP contribution in [0.5, 0.6) is 0 Å². The van der Waals surface area contributed by atoms with Crippen LogP contribution in [0.4, 0.5) is 0 Å². The van der Waals surface area contributed by atoms with Crippen LogP contribution < -0.4 is 0 Å². The molecular weight excluding hydrogens is 232 g/mol. The lowest BCUT2D eigenvalue weighted by Gasteiger charge is -2.05. The molecule has 0 aliphatic carbocycles. The van der Waals surface area contributed by atoms with E-state index in [0.717, 1.165) is 12.8 Å². The highest BCUT2D eigenvalue weighted by atomic mass is 16.1. The number of ketones is 1. The fourth-order valence-corrected chi connectivity index (χ4v) is 2.33. The van der Waals surface area contributed by atoms with E-state index in [9.17, 15) is 4.79 Å². The summed E-state index contributed by atoms with van der Waals surface area (Å²) in [6.07, 6.45) is 8.84. The Balaban J connectivity index is 2.21. The Hall–Kier alpha value is -1.11. The van der Waals surface area contributed by atoms with E-state index in [4.69, 9.17) is 0 Å². The Bertz CT molecular complexity index is 393. The molecule has 19 heavy (non-hydrogen) atoms. The number of carbonyl (C=O) groups is 1. The van der Waals surface area contributed by atoms with Crippen LogP contribution in [-0.4, -0.2) is 5.78 Å². The van der Waals surface area contributed by atoms with E-state index in [1.807, 2.05) is 0 Å². The van der Waals surface area contributed by atoms with Gasteiger partial charge in [0.1, 0.15) is 5.78 Å². The Morgan fingerprint density at radius 1 is 0.947 bits per heavy atom. The molecule has 0 amide bonds. The molecule has 0 aromatic heterocycles. The molecule has 0 aliphatic heterocycles. The highest BCUT2D eigenvalue weighted by Gasteiger charge is 2.04. The molecule has 1 heteroatoms. The third kappa shape index (κ3) is 6.56. The zero-order valence-electron chi connectivity index (χ0n) is 12.8. The maximum atomic E-state index is 11.9. The minimum atomic E-state index is 0.388. The molecule has 0 aliphatic rings. The fourth-order valence-electron chi connectivity index (χ4n) is 2.33. The third-order valence-corrected chi connectivity index (χ3v) is 3.78. The Kier molecular flexibility index (Phi) is 7.47. The summed E-state index contributed by atoms with van der Waals surface area (Å²) in [5.74, 6) is 0.388. The van der Waals surface area contributed by atoms with Crippen molar-refractivity contribution in [2.45, 2.75) is 72.1 Å². The Morgan fingerprint density at radius 2 is 1.63 bits per heavy atom. The predicted molar refractivity (Wildman–Crippen MR) is 82.6 cm³/mol. The Morgan fingerprint density at radius 3 is 2.32 bits per heavy atom. The molecular formula is C18H28O. The standard InChI is InChI=1S/C18H28O/c1-4-5-6-7-8-9-10-18(19)14-17-12-11-15(2)16(3)13-17/h11-13H,4-10,14H2,1-3H3. The zero-order valence-corrected chi connectivity index (χ0v) is 12.8. The summed E-state index contributed by atoms with van der Waals surface area (Å²) >= 11 is 0. The first-order chi connectivity index (χ1) is 9.13. The second kappa shape index (κ2) is 8.90. The van der Waals surface area contributed by atoms with Crippen molar-refractivity contribution in [3.63, 3.8) is 0 Å². The molecule has 0 fully saturated rings. The summed E-state index contributed by atoms with van der Waals surface area (Å²) < 4.78 is 0. The second-order valence-electron chi connectivity index (χ2n) is 5.65. The molecule has 0 radical (unpaired) electrons. The van der Waals surface area contributed by atoms with Crippen LogP contribution in [0, 0.1) is 13.8 Å². The molecule has 0 N–H and O–H groups in total. The molecule has 106 valence electrons. The first-order valence-corrected chi connectivity index (χ1v) is 7.71. The van der Waals surface area contributed by atoms with E-state index < -0.39 is 0 Å². The van der Waals surface area contributed by atoms with Gasteiger partial charge in [-0.25, -0.2) is 0 Å². The van der Waals surface area contributed by atoms with Gasteiger partial charge < -0.3 is 0 Å². The van der Waals surface area contributed by atoms with E-state index in [1.54, 1.807) is 0 Å². The van der Waals surface area contributed by atoms with Crippen LogP contribution >= 0.6 is 0 Å². The van der Waals surface area contributed by atoms with Crippen molar-refractivity contribution in [2.24, 2.45) is 0 Å².